The van der Waals surface area contributed by atoms with Crippen LogP contribution in [0.4, 0.5) is 0 Å². The molecule has 0 saturated heterocycles. The van der Waals surface area contributed by atoms with Gasteiger partial charge in [-0.25, -0.2) is 0 Å². The molecular weight excluding hydrogens is 278 g/mol. The van der Waals surface area contributed by atoms with Crippen molar-refractivity contribution in [2.24, 2.45) is 0 Å². The van der Waals surface area contributed by atoms with Crippen LogP contribution in [0, 0.1) is 0 Å². The summed E-state index contributed by atoms with van der Waals surface area (Å²) in [6.07, 6.45) is 6.50. The molecule has 0 heterocycles. The third-order valence-electron chi connectivity index (χ3n) is 3.59. The van der Waals surface area contributed by atoms with Gasteiger partial charge in [0.1, 0.15) is 6.61 Å². The van der Waals surface area contributed by atoms with E-state index < -0.39 is 0 Å². The highest BCUT2D eigenvalue weighted by molar-refractivity contribution is 5.46. The predicted octanol–water partition coefficient (Wildman–Crippen LogP) is 3.78. The van der Waals surface area contributed by atoms with Crippen LogP contribution in [0.25, 0.3) is 0 Å². The highest BCUT2D eigenvalue weighted by Gasteiger charge is 2.10. The zero-order chi connectivity index (χ0) is 16.0. The van der Waals surface area contributed by atoms with Crippen LogP contribution in [0.1, 0.15) is 44.6 Å². The first-order valence-electron chi connectivity index (χ1n) is 8.31. The second-order valence-electron chi connectivity index (χ2n) is 5.38. The molecule has 4 heteroatoms. The van der Waals surface area contributed by atoms with Gasteiger partial charge in [0.05, 0.1) is 13.7 Å². The molecule has 0 saturated carbocycles. The van der Waals surface area contributed by atoms with E-state index in [-0.39, 0.29) is 0 Å². The molecular formula is C18H31NO3. The van der Waals surface area contributed by atoms with Crippen molar-refractivity contribution in [3.05, 3.63) is 23.8 Å². The lowest BCUT2D eigenvalue weighted by Gasteiger charge is -2.15. The van der Waals surface area contributed by atoms with Gasteiger partial charge in [-0.2, -0.15) is 0 Å². The molecule has 0 aromatic heterocycles. The molecule has 126 valence electrons. The molecule has 4 nitrogen and oxygen atoms in total. The normalized spacial score (nSPS) is 10.7. The number of methoxy groups -OCH3 is 2. The molecule has 0 amide bonds. The number of para-hydroxylation sites is 1. The number of rotatable bonds is 13. The fraction of sp³-hybridized carbons (Fsp3) is 0.667. The highest BCUT2D eigenvalue weighted by Crippen LogP contribution is 2.31. The van der Waals surface area contributed by atoms with Crippen LogP contribution < -0.4 is 14.8 Å². The second kappa shape index (κ2) is 12.3. The summed E-state index contributed by atoms with van der Waals surface area (Å²) in [7, 11) is 3.34. The Kier molecular flexibility index (Phi) is 10.5. The van der Waals surface area contributed by atoms with Crippen molar-refractivity contribution < 1.29 is 14.2 Å². The average Bonchev–Trinajstić information content (AvgIpc) is 2.55. The summed E-state index contributed by atoms with van der Waals surface area (Å²) in [5.41, 5.74) is 1.13. The van der Waals surface area contributed by atoms with Crippen LogP contribution in [0.15, 0.2) is 18.2 Å². The molecule has 1 N–H and O–H groups in total. The van der Waals surface area contributed by atoms with Crippen molar-refractivity contribution >= 4 is 0 Å². The van der Waals surface area contributed by atoms with E-state index in [2.05, 4.69) is 18.3 Å². The van der Waals surface area contributed by atoms with Gasteiger partial charge >= 0.3 is 0 Å². The Morgan fingerprint density at radius 3 is 2.55 bits per heavy atom. The van der Waals surface area contributed by atoms with Gasteiger partial charge in [-0.15, -0.1) is 0 Å². The van der Waals surface area contributed by atoms with Crippen LogP contribution in [-0.4, -0.2) is 34.0 Å². The van der Waals surface area contributed by atoms with Crippen molar-refractivity contribution in [1.82, 2.24) is 5.32 Å². The SMILES string of the molecule is CCCCCCCNCc1cccc(OC)c1OCCOC. The van der Waals surface area contributed by atoms with E-state index in [9.17, 15) is 0 Å². The molecule has 0 fully saturated rings. The first-order chi connectivity index (χ1) is 10.8. The molecule has 0 aliphatic rings. The van der Waals surface area contributed by atoms with E-state index >= 15 is 0 Å². The third kappa shape index (κ3) is 7.14. The number of hydrogen-bond donors (Lipinski definition) is 1. The number of hydrogen-bond acceptors (Lipinski definition) is 4. The Bertz CT molecular complexity index is 396. The Hall–Kier alpha value is -1.26. The van der Waals surface area contributed by atoms with E-state index in [4.69, 9.17) is 14.2 Å². The number of benzene rings is 1. The lowest BCUT2D eigenvalue weighted by Crippen LogP contribution is -2.16. The molecule has 0 spiro atoms. The van der Waals surface area contributed by atoms with Gasteiger partial charge in [0.2, 0.25) is 0 Å². The van der Waals surface area contributed by atoms with Crippen molar-refractivity contribution in [3.8, 4) is 11.5 Å². The third-order valence-corrected chi connectivity index (χ3v) is 3.59. The van der Waals surface area contributed by atoms with Gasteiger partial charge < -0.3 is 19.5 Å². The van der Waals surface area contributed by atoms with E-state index in [0.717, 1.165) is 30.2 Å². The Morgan fingerprint density at radius 2 is 1.82 bits per heavy atom. The molecule has 0 atom stereocenters. The molecule has 22 heavy (non-hydrogen) atoms. The molecule has 0 aliphatic heterocycles. The Labute approximate surface area is 135 Å². The van der Waals surface area contributed by atoms with Crippen molar-refractivity contribution in [2.75, 3.05) is 34.0 Å². The topological polar surface area (TPSA) is 39.7 Å². The lowest BCUT2D eigenvalue weighted by molar-refractivity contribution is 0.143. The maximum Gasteiger partial charge on any atom is 0.165 e. The van der Waals surface area contributed by atoms with Gasteiger partial charge in [-0.3, -0.25) is 0 Å². The zero-order valence-corrected chi connectivity index (χ0v) is 14.3. The predicted molar refractivity (Wildman–Crippen MR) is 90.8 cm³/mol. The summed E-state index contributed by atoms with van der Waals surface area (Å²) in [6.45, 7) is 5.18. The second-order valence-corrected chi connectivity index (χ2v) is 5.38. The summed E-state index contributed by atoms with van der Waals surface area (Å²) >= 11 is 0. The van der Waals surface area contributed by atoms with Gasteiger partial charge in [0, 0.05) is 19.2 Å². The highest BCUT2D eigenvalue weighted by atomic mass is 16.5. The summed E-state index contributed by atoms with van der Waals surface area (Å²) in [6, 6.07) is 6.01. The summed E-state index contributed by atoms with van der Waals surface area (Å²) < 4.78 is 16.3. The Balaban J connectivity index is 2.43. The molecule has 1 rings (SSSR count). The summed E-state index contributed by atoms with van der Waals surface area (Å²) in [4.78, 5) is 0. The van der Waals surface area contributed by atoms with Crippen molar-refractivity contribution in [1.29, 1.82) is 0 Å². The van der Waals surface area contributed by atoms with E-state index in [1.165, 1.54) is 32.1 Å². The lowest BCUT2D eigenvalue weighted by atomic mass is 10.1. The minimum atomic E-state index is 0.529. The monoisotopic (exact) mass is 309 g/mol. The molecule has 1 aromatic rings. The first kappa shape index (κ1) is 18.8. The van der Waals surface area contributed by atoms with Crippen LogP contribution in [0.2, 0.25) is 0 Å². The smallest absolute Gasteiger partial charge is 0.165 e. The molecule has 0 radical (unpaired) electrons. The van der Waals surface area contributed by atoms with Crippen molar-refractivity contribution in [2.45, 2.75) is 45.6 Å². The molecule has 1 aromatic carbocycles. The average molecular weight is 309 g/mol. The first-order valence-corrected chi connectivity index (χ1v) is 8.31. The number of ether oxygens (including phenoxy) is 3. The van der Waals surface area contributed by atoms with E-state index in [0.29, 0.717) is 13.2 Å². The molecule has 0 unspecified atom stereocenters. The zero-order valence-electron chi connectivity index (χ0n) is 14.3. The fourth-order valence-corrected chi connectivity index (χ4v) is 2.33. The summed E-state index contributed by atoms with van der Waals surface area (Å²) in [5, 5.41) is 3.49. The quantitative estimate of drug-likeness (QED) is 0.563. The Morgan fingerprint density at radius 1 is 1.00 bits per heavy atom. The molecule has 0 bridgehead atoms. The largest absolute Gasteiger partial charge is 0.493 e. The molecule has 0 aliphatic carbocycles. The number of unbranched alkanes of at least 4 members (excludes halogenated alkanes) is 4. The maximum absolute atomic E-state index is 5.82. The fourth-order valence-electron chi connectivity index (χ4n) is 2.33. The maximum atomic E-state index is 5.82. The van der Waals surface area contributed by atoms with Crippen molar-refractivity contribution in [3.63, 3.8) is 0 Å². The van der Waals surface area contributed by atoms with Crippen LogP contribution in [0.5, 0.6) is 11.5 Å². The number of nitrogens with one attached hydrogen (secondary N) is 1. The summed E-state index contributed by atoms with van der Waals surface area (Å²) in [5.74, 6) is 1.60. The van der Waals surface area contributed by atoms with Crippen LogP contribution in [-0.2, 0) is 11.3 Å². The van der Waals surface area contributed by atoms with Crippen LogP contribution >= 0.6 is 0 Å². The van der Waals surface area contributed by atoms with E-state index in [1.807, 2.05) is 12.1 Å². The van der Waals surface area contributed by atoms with Crippen LogP contribution in [0.3, 0.4) is 0 Å². The minimum absolute atomic E-state index is 0.529. The van der Waals surface area contributed by atoms with Gasteiger partial charge in [0.25, 0.3) is 0 Å². The van der Waals surface area contributed by atoms with E-state index in [1.54, 1.807) is 14.2 Å². The van der Waals surface area contributed by atoms with Gasteiger partial charge in [-0.1, -0.05) is 44.7 Å². The minimum Gasteiger partial charge on any atom is -0.493 e. The standard InChI is InChI=1S/C18H31NO3/c1-4-5-6-7-8-12-19-15-16-10-9-11-17(21-3)18(16)22-14-13-20-2/h9-11,19H,4-8,12-15H2,1-3H3. The van der Waals surface area contributed by atoms with Gasteiger partial charge in [-0.05, 0) is 19.0 Å². The van der Waals surface area contributed by atoms with Gasteiger partial charge in [0.15, 0.2) is 11.5 Å².